The average molecular weight is 467 g/mol. The molecule has 3 saturated carbocycles. The summed E-state index contributed by atoms with van der Waals surface area (Å²) in [5, 5.41) is 11.4. The molecule has 6 nitrogen and oxygen atoms in total. The van der Waals surface area contributed by atoms with E-state index in [2.05, 4.69) is 0 Å². The number of ether oxygens (including phenoxy) is 2. The van der Waals surface area contributed by atoms with E-state index in [1.807, 2.05) is 0 Å². The van der Waals surface area contributed by atoms with Crippen molar-refractivity contribution in [3.8, 4) is 0 Å². The number of aliphatic hydroxyl groups excluding tert-OH is 1. The molecule has 3 fully saturated rings. The highest BCUT2D eigenvalue weighted by molar-refractivity contribution is 6.01. The molecule has 0 aromatic heterocycles. The number of alkyl halides is 2. The van der Waals surface area contributed by atoms with Crippen LogP contribution in [0.25, 0.3) is 0 Å². The molecule has 8 heteroatoms. The predicted molar refractivity (Wildman–Crippen MR) is 114 cm³/mol. The Hall–Kier alpha value is -2.09. The zero-order valence-electron chi connectivity index (χ0n) is 19.7. The number of hydrogen-bond donors (Lipinski definition) is 1. The minimum absolute atomic E-state index is 0.0306. The first kappa shape index (κ1) is 24.0. The van der Waals surface area contributed by atoms with Crippen LogP contribution >= 0.6 is 0 Å². The Kier molecular flexibility index (Phi) is 5.43. The van der Waals surface area contributed by atoms with Gasteiger partial charge in [0.2, 0.25) is 5.60 Å². The summed E-state index contributed by atoms with van der Waals surface area (Å²) in [5.74, 6) is -3.81. The number of halogens is 2. The van der Waals surface area contributed by atoms with Crippen LogP contribution in [0.2, 0.25) is 0 Å². The van der Waals surface area contributed by atoms with Crippen LogP contribution in [0.3, 0.4) is 0 Å². The summed E-state index contributed by atoms with van der Waals surface area (Å²) in [5.41, 5.74) is -6.62. The molecule has 0 saturated heterocycles. The third kappa shape index (κ3) is 2.76. The molecule has 9 atom stereocenters. The fourth-order valence-corrected chi connectivity index (χ4v) is 7.62. The molecule has 0 heterocycles. The molecule has 4 aliphatic rings. The predicted octanol–water partition coefficient (Wildman–Crippen LogP) is 3.42. The molecule has 0 aromatic rings. The minimum atomic E-state index is -2.26. The smallest absolute Gasteiger partial charge is 0.351 e. The van der Waals surface area contributed by atoms with E-state index in [4.69, 9.17) is 9.47 Å². The second-order valence-electron chi connectivity index (χ2n) is 10.6. The molecule has 0 spiro atoms. The summed E-state index contributed by atoms with van der Waals surface area (Å²) in [4.78, 5) is 37.6. The zero-order valence-corrected chi connectivity index (χ0v) is 19.7. The van der Waals surface area contributed by atoms with Crippen molar-refractivity contribution < 1.29 is 37.7 Å². The highest BCUT2D eigenvalue weighted by Crippen LogP contribution is 2.71. The number of carbonyl (C=O) groups is 3. The van der Waals surface area contributed by atoms with Crippen molar-refractivity contribution in [1.82, 2.24) is 0 Å². The van der Waals surface area contributed by atoms with Crippen molar-refractivity contribution in [2.24, 2.45) is 28.6 Å². The van der Waals surface area contributed by atoms with Crippen LogP contribution < -0.4 is 0 Å². The molecule has 182 valence electrons. The van der Waals surface area contributed by atoms with Gasteiger partial charge in [0, 0.05) is 29.1 Å². The van der Waals surface area contributed by atoms with Gasteiger partial charge < -0.3 is 14.6 Å². The van der Waals surface area contributed by atoms with E-state index in [-0.39, 0.29) is 24.8 Å². The van der Waals surface area contributed by atoms with Crippen LogP contribution in [0.5, 0.6) is 0 Å². The van der Waals surface area contributed by atoms with E-state index in [1.165, 1.54) is 26.2 Å². The molecule has 2 unspecified atom stereocenters. The van der Waals surface area contributed by atoms with Gasteiger partial charge in [0.05, 0.1) is 13.2 Å². The summed E-state index contributed by atoms with van der Waals surface area (Å²) in [6, 6.07) is 0. The Balaban J connectivity index is 1.88. The Morgan fingerprint density at radius 2 is 1.91 bits per heavy atom. The topological polar surface area (TPSA) is 89.9 Å². The van der Waals surface area contributed by atoms with Gasteiger partial charge in [-0.3, -0.25) is 9.59 Å². The van der Waals surface area contributed by atoms with E-state index in [0.717, 1.165) is 6.08 Å². The van der Waals surface area contributed by atoms with Crippen LogP contribution in [-0.2, 0) is 23.9 Å². The van der Waals surface area contributed by atoms with Crippen LogP contribution in [0, 0.1) is 28.6 Å². The van der Waals surface area contributed by atoms with E-state index < -0.39 is 69.9 Å². The number of rotatable bonds is 3. The minimum Gasteiger partial charge on any atom is -0.466 e. The van der Waals surface area contributed by atoms with E-state index >= 15 is 8.78 Å². The van der Waals surface area contributed by atoms with Crippen molar-refractivity contribution in [3.63, 3.8) is 0 Å². The molecule has 0 radical (unpaired) electrons. The van der Waals surface area contributed by atoms with Gasteiger partial charge >= 0.3 is 11.9 Å². The quantitative estimate of drug-likeness (QED) is 0.641. The fourth-order valence-electron chi connectivity index (χ4n) is 7.62. The largest absolute Gasteiger partial charge is 0.466 e. The first-order valence-electron chi connectivity index (χ1n) is 11.6. The molecule has 1 N–H and O–H groups in total. The Labute approximate surface area is 192 Å². The van der Waals surface area contributed by atoms with Crippen molar-refractivity contribution >= 4 is 17.7 Å². The number of fused-ring (bicyclic) bond motifs is 5. The van der Waals surface area contributed by atoms with E-state index in [9.17, 15) is 19.5 Å². The molecule has 4 rings (SSSR count). The normalized spacial score (nSPS) is 48.3. The highest BCUT2D eigenvalue weighted by atomic mass is 19.1. The number of hydrogen-bond acceptors (Lipinski definition) is 6. The van der Waals surface area contributed by atoms with Crippen molar-refractivity contribution in [2.45, 2.75) is 76.9 Å². The number of ketones is 1. The van der Waals surface area contributed by atoms with Crippen LogP contribution in [0.1, 0.15) is 53.4 Å². The molecular formula is C25H32F2O6. The lowest BCUT2D eigenvalue weighted by molar-refractivity contribution is -0.238. The molecule has 0 aromatic carbocycles. The summed E-state index contributed by atoms with van der Waals surface area (Å²) >= 11 is 0. The maximum atomic E-state index is 17.2. The number of esters is 2. The van der Waals surface area contributed by atoms with Gasteiger partial charge in [-0.05, 0) is 49.8 Å². The Morgan fingerprint density at radius 1 is 1.24 bits per heavy atom. The second-order valence-corrected chi connectivity index (χ2v) is 10.6. The number of allylic oxidation sites excluding steroid dienone is 4. The number of methoxy groups -OCH3 is 1. The molecule has 33 heavy (non-hydrogen) atoms. The lowest BCUT2D eigenvalue weighted by atomic mass is 9.44. The maximum Gasteiger partial charge on any atom is 0.351 e. The van der Waals surface area contributed by atoms with E-state index in [1.54, 1.807) is 20.8 Å². The van der Waals surface area contributed by atoms with Crippen LogP contribution in [0.4, 0.5) is 8.78 Å². The van der Waals surface area contributed by atoms with Crippen molar-refractivity contribution in [2.75, 3.05) is 7.11 Å². The lowest BCUT2D eigenvalue weighted by Gasteiger charge is -2.63. The average Bonchev–Trinajstić information content (AvgIpc) is 2.98. The van der Waals surface area contributed by atoms with Gasteiger partial charge in [0.1, 0.15) is 6.17 Å². The van der Waals surface area contributed by atoms with Crippen molar-refractivity contribution in [3.05, 3.63) is 23.8 Å². The number of carbonyl (C=O) groups excluding carboxylic acids is 3. The van der Waals surface area contributed by atoms with Gasteiger partial charge in [-0.15, -0.1) is 0 Å². The first-order chi connectivity index (χ1) is 15.3. The summed E-state index contributed by atoms with van der Waals surface area (Å²) in [6.45, 7) is 6.59. The standard InChI is InChI=1S/C25H32F2O6/c1-6-20(30)33-25(21(31)32-5)13(2)9-15-16-11-18(26)17-10-14(28)7-8-22(17,3)24(16,27)19(29)12-23(15,25)4/h7-8,10,13,15-16,18-19,29H,6,9,11-12H2,1-5H3/t13-,15?,16?,18+,19+,22+,23+,24+,25+/m1/s1. The summed E-state index contributed by atoms with van der Waals surface area (Å²) in [6.07, 6.45) is 0.495. The Morgan fingerprint density at radius 3 is 2.52 bits per heavy atom. The molecule has 0 aliphatic heterocycles. The highest BCUT2D eigenvalue weighted by Gasteiger charge is 2.78. The van der Waals surface area contributed by atoms with Gasteiger partial charge in [-0.25, -0.2) is 13.6 Å². The summed E-state index contributed by atoms with van der Waals surface area (Å²) < 4.78 is 43.6. The SMILES string of the molecule is CCC(=O)O[C@]1(C(=O)OC)[C@H](C)CC2C3C[C@H](F)C4=CC(=O)C=C[C@]4(C)[C@@]3(F)[C@@H](O)C[C@@]21C. The lowest BCUT2D eigenvalue weighted by Crippen LogP contribution is -2.71. The molecular weight excluding hydrogens is 434 g/mol. The van der Waals surface area contributed by atoms with E-state index in [0.29, 0.717) is 6.42 Å². The second kappa shape index (κ2) is 7.45. The maximum absolute atomic E-state index is 17.2. The van der Waals surface area contributed by atoms with Crippen molar-refractivity contribution in [1.29, 1.82) is 0 Å². The third-order valence-corrected chi connectivity index (χ3v) is 9.22. The third-order valence-electron chi connectivity index (χ3n) is 9.22. The van der Waals surface area contributed by atoms with Gasteiger partial charge in [-0.1, -0.05) is 26.8 Å². The zero-order chi connectivity index (χ0) is 24.6. The monoisotopic (exact) mass is 466 g/mol. The van der Waals surface area contributed by atoms with Gasteiger partial charge in [-0.2, -0.15) is 0 Å². The molecule has 0 amide bonds. The number of aliphatic hydroxyl groups is 1. The Bertz CT molecular complexity index is 961. The van der Waals surface area contributed by atoms with Gasteiger partial charge in [0.25, 0.3) is 0 Å². The van der Waals surface area contributed by atoms with Gasteiger partial charge in [0.15, 0.2) is 11.5 Å². The molecule has 4 aliphatic carbocycles. The first-order valence-corrected chi connectivity index (χ1v) is 11.6. The van der Waals surface area contributed by atoms with Crippen LogP contribution in [-0.4, -0.2) is 53.5 Å². The fraction of sp³-hybridized carbons (Fsp3) is 0.720. The summed E-state index contributed by atoms with van der Waals surface area (Å²) in [7, 11) is 1.20. The van der Waals surface area contributed by atoms with Crippen LogP contribution in [0.15, 0.2) is 23.8 Å². The molecule has 0 bridgehead atoms.